The van der Waals surface area contributed by atoms with Gasteiger partial charge in [-0.15, -0.1) is 11.8 Å². The molecule has 0 spiro atoms. The van der Waals surface area contributed by atoms with Crippen molar-refractivity contribution in [3.63, 3.8) is 0 Å². The van der Waals surface area contributed by atoms with Crippen LogP contribution in [-0.4, -0.2) is 19.2 Å². The molecule has 5 heteroatoms. The second-order valence-electron chi connectivity index (χ2n) is 5.68. The summed E-state index contributed by atoms with van der Waals surface area (Å²) in [7, 11) is 3.29. The highest BCUT2D eigenvalue weighted by molar-refractivity contribution is 7.98. The minimum atomic E-state index is 0.720. The van der Waals surface area contributed by atoms with Gasteiger partial charge in [-0.2, -0.15) is 0 Å². The van der Waals surface area contributed by atoms with Gasteiger partial charge < -0.3 is 14.8 Å². The number of hydrogen-bond acceptors (Lipinski definition) is 5. The minimum absolute atomic E-state index is 0.720. The van der Waals surface area contributed by atoms with Crippen LogP contribution in [0.2, 0.25) is 0 Å². The van der Waals surface area contributed by atoms with Gasteiger partial charge in [0.15, 0.2) is 11.5 Å². The highest BCUT2D eigenvalue weighted by atomic mass is 32.2. The molecular formula is C21H22N2O2S. The van der Waals surface area contributed by atoms with Crippen molar-refractivity contribution >= 4 is 17.4 Å². The first-order valence-corrected chi connectivity index (χ1v) is 9.34. The van der Waals surface area contributed by atoms with Gasteiger partial charge in [0.05, 0.1) is 14.2 Å². The summed E-state index contributed by atoms with van der Waals surface area (Å²) in [5, 5.41) is 3.47. The zero-order valence-electron chi connectivity index (χ0n) is 14.9. The van der Waals surface area contributed by atoms with Crippen LogP contribution in [0.25, 0.3) is 0 Å². The number of ether oxygens (including phenoxy) is 2. The topological polar surface area (TPSA) is 43.4 Å². The Bertz CT molecular complexity index is 840. The van der Waals surface area contributed by atoms with Crippen LogP contribution in [0.1, 0.15) is 11.1 Å². The summed E-state index contributed by atoms with van der Waals surface area (Å²) in [6.07, 6.45) is 3.67. The Morgan fingerprint density at radius 3 is 2.46 bits per heavy atom. The summed E-state index contributed by atoms with van der Waals surface area (Å²) in [5.74, 6) is 2.37. The van der Waals surface area contributed by atoms with Crippen LogP contribution in [0.15, 0.2) is 71.9 Å². The van der Waals surface area contributed by atoms with Crippen LogP contribution in [0.3, 0.4) is 0 Å². The fraction of sp³-hybridized carbons (Fsp3) is 0.190. The Morgan fingerprint density at radius 1 is 0.923 bits per heavy atom. The molecule has 3 rings (SSSR count). The number of pyridine rings is 1. The summed E-state index contributed by atoms with van der Waals surface area (Å²) in [5.41, 5.74) is 3.53. The summed E-state index contributed by atoms with van der Waals surface area (Å²) in [4.78, 5) is 5.34. The number of benzene rings is 2. The van der Waals surface area contributed by atoms with Crippen molar-refractivity contribution in [2.75, 3.05) is 19.5 Å². The lowest BCUT2D eigenvalue weighted by Gasteiger charge is -2.13. The summed E-state index contributed by atoms with van der Waals surface area (Å²) < 4.78 is 10.7. The van der Waals surface area contributed by atoms with E-state index in [2.05, 4.69) is 46.7 Å². The van der Waals surface area contributed by atoms with Gasteiger partial charge >= 0.3 is 0 Å². The largest absolute Gasteiger partial charge is 0.493 e. The van der Waals surface area contributed by atoms with Crippen molar-refractivity contribution in [3.8, 4) is 11.5 Å². The second-order valence-corrected chi connectivity index (χ2v) is 6.69. The maximum absolute atomic E-state index is 5.37. The average Bonchev–Trinajstić information content (AvgIpc) is 2.71. The normalized spacial score (nSPS) is 10.4. The molecule has 1 aromatic heterocycles. The Kier molecular flexibility index (Phi) is 6.39. The summed E-state index contributed by atoms with van der Waals surface area (Å²) in [6.45, 7) is 0.745. The third-order valence-electron chi connectivity index (χ3n) is 3.98. The Morgan fingerprint density at radius 2 is 1.69 bits per heavy atom. The maximum Gasteiger partial charge on any atom is 0.162 e. The molecule has 1 N–H and O–H groups in total. The lowest BCUT2D eigenvalue weighted by molar-refractivity contribution is 0.355. The fourth-order valence-electron chi connectivity index (χ4n) is 2.57. The molecule has 2 aromatic carbocycles. The van der Waals surface area contributed by atoms with Crippen LogP contribution in [0.5, 0.6) is 11.5 Å². The molecule has 134 valence electrons. The number of methoxy groups -OCH3 is 2. The second kappa shape index (κ2) is 9.15. The highest BCUT2D eigenvalue weighted by Gasteiger charge is 2.06. The van der Waals surface area contributed by atoms with E-state index in [9.17, 15) is 0 Å². The van der Waals surface area contributed by atoms with Gasteiger partial charge in [-0.25, -0.2) is 0 Å². The van der Waals surface area contributed by atoms with E-state index in [1.807, 2.05) is 42.4 Å². The van der Waals surface area contributed by atoms with Gasteiger partial charge in [-0.3, -0.25) is 4.98 Å². The number of thioether (sulfide) groups is 1. The van der Waals surface area contributed by atoms with Crippen molar-refractivity contribution in [2.24, 2.45) is 0 Å². The van der Waals surface area contributed by atoms with Crippen molar-refractivity contribution in [2.45, 2.75) is 17.2 Å². The maximum atomic E-state index is 5.37. The molecule has 4 nitrogen and oxygen atoms in total. The standard InChI is InChI=1S/C21H22N2O2S/c1-24-19-8-7-18(13-20(19)25-2)23-14-17-5-3-4-6-21(17)26-15-16-9-11-22-12-10-16/h3-13,23H,14-15H2,1-2H3. The Hall–Kier alpha value is -2.66. The van der Waals surface area contributed by atoms with Gasteiger partial charge in [0, 0.05) is 41.3 Å². The number of aromatic nitrogens is 1. The zero-order chi connectivity index (χ0) is 18.2. The molecule has 26 heavy (non-hydrogen) atoms. The van der Waals surface area contributed by atoms with Gasteiger partial charge in [0.2, 0.25) is 0 Å². The summed E-state index contributed by atoms with van der Waals surface area (Å²) in [6, 6.07) is 18.4. The molecule has 0 aliphatic rings. The molecule has 0 aliphatic carbocycles. The molecule has 0 saturated carbocycles. The van der Waals surface area contributed by atoms with Crippen molar-refractivity contribution in [3.05, 3.63) is 78.1 Å². The smallest absolute Gasteiger partial charge is 0.162 e. The molecule has 0 fully saturated rings. The van der Waals surface area contributed by atoms with Crippen LogP contribution in [-0.2, 0) is 12.3 Å². The van der Waals surface area contributed by atoms with E-state index in [0.717, 1.165) is 29.5 Å². The molecule has 0 radical (unpaired) electrons. The molecule has 0 saturated heterocycles. The predicted molar refractivity (Wildman–Crippen MR) is 107 cm³/mol. The van der Waals surface area contributed by atoms with Gasteiger partial charge in [-0.1, -0.05) is 18.2 Å². The lowest BCUT2D eigenvalue weighted by atomic mass is 10.2. The van der Waals surface area contributed by atoms with E-state index in [-0.39, 0.29) is 0 Å². The molecule has 0 aliphatic heterocycles. The van der Waals surface area contributed by atoms with E-state index in [0.29, 0.717) is 0 Å². The van der Waals surface area contributed by atoms with Crippen molar-refractivity contribution in [1.82, 2.24) is 4.98 Å². The fourth-order valence-corrected chi connectivity index (χ4v) is 3.59. The van der Waals surface area contributed by atoms with Gasteiger partial charge in [0.1, 0.15) is 0 Å². The van der Waals surface area contributed by atoms with Crippen LogP contribution in [0, 0.1) is 0 Å². The molecule has 0 unspecified atom stereocenters. The number of anilines is 1. The van der Waals surface area contributed by atoms with Crippen LogP contribution >= 0.6 is 11.8 Å². The zero-order valence-corrected chi connectivity index (χ0v) is 15.8. The first-order valence-electron chi connectivity index (χ1n) is 8.35. The van der Waals surface area contributed by atoms with Crippen LogP contribution in [0.4, 0.5) is 5.69 Å². The predicted octanol–water partition coefficient (Wildman–Crippen LogP) is 5.00. The first-order chi connectivity index (χ1) is 12.8. The number of nitrogens with zero attached hydrogens (tertiary/aromatic N) is 1. The van der Waals surface area contributed by atoms with Gasteiger partial charge in [0.25, 0.3) is 0 Å². The molecule has 3 aromatic rings. The first kappa shape index (κ1) is 18.1. The van der Waals surface area contributed by atoms with Crippen molar-refractivity contribution in [1.29, 1.82) is 0 Å². The molecular weight excluding hydrogens is 344 g/mol. The Balaban J connectivity index is 1.67. The van der Waals surface area contributed by atoms with E-state index in [1.54, 1.807) is 14.2 Å². The van der Waals surface area contributed by atoms with E-state index < -0.39 is 0 Å². The summed E-state index contributed by atoms with van der Waals surface area (Å²) >= 11 is 1.84. The van der Waals surface area contributed by atoms with E-state index >= 15 is 0 Å². The monoisotopic (exact) mass is 366 g/mol. The molecule has 0 amide bonds. The average molecular weight is 366 g/mol. The third-order valence-corrected chi connectivity index (χ3v) is 5.17. The number of hydrogen-bond donors (Lipinski definition) is 1. The van der Waals surface area contributed by atoms with E-state index in [1.165, 1.54) is 16.0 Å². The van der Waals surface area contributed by atoms with Crippen molar-refractivity contribution < 1.29 is 9.47 Å². The lowest BCUT2D eigenvalue weighted by Crippen LogP contribution is -2.01. The number of rotatable bonds is 8. The molecule has 0 atom stereocenters. The highest BCUT2D eigenvalue weighted by Crippen LogP contribution is 2.31. The minimum Gasteiger partial charge on any atom is -0.493 e. The van der Waals surface area contributed by atoms with Gasteiger partial charge in [-0.05, 0) is 41.5 Å². The Labute approximate surface area is 158 Å². The number of nitrogens with one attached hydrogen (secondary N) is 1. The molecule has 0 bridgehead atoms. The van der Waals surface area contributed by atoms with Crippen LogP contribution < -0.4 is 14.8 Å². The SMILES string of the molecule is COc1ccc(NCc2ccccc2SCc2ccncc2)cc1OC. The third kappa shape index (κ3) is 4.70. The quantitative estimate of drug-likeness (QED) is 0.568. The molecule has 1 heterocycles. The van der Waals surface area contributed by atoms with E-state index in [4.69, 9.17) is 9.47 Å².